The van der Waals surface area contributed by atoms with Gasteiger partial charge in [0.2, 0.25) is 15.9 Å². The maximum atomic E-state index is 12.9. The molecule has 1 fully saturated rings. The van der Waals surface area contributed by atoms with Crippen molar-refractivity contribution in [3.8, 4) is 0 Å². The normalized spacial score (nSPS) is 16.3. The van der Waals surface area contributed by atoms with E-state index >= 15 is 0 Å². The third-order valence-corrected chi connectivity index (χ3v) is 7.35. The summed E-state index contributed by atoms with van der Waals surface area (Å²) in [5.74, 6) is 0.151. The molecule has 1 aliphatic heterocycles. The third-order valence-electron chi connectivity index (χ3n) is 5.44. The lowest BCUT2D eigenvalue weighted by Crippen LogP contribution is -2.41. The zero-order chi connectivity index (χ0) is 23.0. The Balaban J connectivity index is 1.65. The summed E-state index contributed by atoms with van der Waals surface area (Å²) in [6, 6.07) is 7.81. The second-order valence-corrected chi connectivity index (χ2v) is 10.9. The van der Waals surface area contributed by atoms with Crippen molar-refractivity contribution in [1.29, 1.82) is 0 Å². The van der Waals surface area contributed by atoms with Crippen LogP contribution < -0.4 is 5.32 Å². The van der Waals surface area contributed by atoms with Crippen LogP contribution in [0, 0.1) is 12.8 Å². The molecular weight excluding hydrogens is 416 g/mol. The van der Waals surface area contributed by atoms with Gasteiger partial charge in [-0.25, -0.2) is 13.1 Å². The molecule has 1 saturated heterocycles. The first-order valence-corrected chi connectivity index (χ1v) is 11.8. The van der Waals surface area contributed by atoms with E-state index in [-0.39, 0.29) is 41.1 Å². The Labute approximate surface area is 183 Å². The van der Waals surface area contributed by atoms with Crippen LogP contribution in [0.5, 0.6) is 0 Å². The van der Waals surface area contributed by atoms with Crippen LogP contribution in [0.4, 0.5) is 5.82 Å². The van der Waals surface area contributed by atoms with Gasteiger partial charge in [0.1, 0.15) is 5.82 Å². The van der Waals surface area contributed by atoms with Gasteiger partial charge < -0.3 is 5.32 Å². The van der Waals surface area contributed by atoms with Gasteiger partial charge >= 0.3 is 0 Å². The van der Waals surface area contributed by atoms with Crippen molar-refractivity contribution in [1.82, 2.24) is 14.1 Å². The SMILES string of the molecule is CC(=O)c1ccc(S(=O)(=O)N2CCC(C(=O)Nc3cc(C)nn3C(C)(C)C)CC2)cc1. The van der Waals surface area contributed by atoms with Gasteiger partial charge in [0, 0.05) is 30.6 Å². The average Bonchev–Trinajstić information content (AvgIpc) is 3.08. The number of carbonyl (C=O) groups is 2. The molecule has 1 aromatic heterocycles. The lowest BCUT2D eigenvalue weighted by atomic mass is 9.97. The van der Waals surface area contributed by atoms with Crippen LogP contribution in [0.1, 0.15) is 56.6 Å². The molecule has 1 amide bonds. The van der Waals surface area contributed by atoms with Crippen molar-refractivity contribution >= 4 is 27.5 Å². The summed E-state index contributed by atoms with van der Waals surface area (Å²) < 4.78 is 29.0. The summed E-state index contributed by atoms with van der Waals surface area (Å²) in [5, 5.41) is 7.44. The number of carbonyl (C=O) groups excluding carboxylic acids is 2. The fourth-order valence-electron chi connectivity index (χ4n) is 3.70. The molecule has 0 unspecified atom stereocenters. The summed E-state index contributed by atoms with van der Waals surface area (Å²) in [6.45, 7) is 9.91. The molecule has 0 aliphatic carbocycles. The van der Waals surface area contributed by atoms with Gasteiger partial charge in [0.05, 0.1) is 16.1 Å². The number of sulfonamides is 1. The number of hydrogen-bond donors (Lipinski definition) is 1. The fourth-order valence-corrected chi connectivity index (χ4v) is 5.17. The number of Topliss-reactive ketones (excluding diaryl/α,β-unsaturated/α-hetero) is 1. The summed E-state index contributed by atoms with van der Waals surface area (Å²) in [7, 11) is -3.66. The number of amides is 1. The van der Waals surface area contributed by atoms with Gasteiger partial charge in [-0.1, -0.05) is 12.1 Å². The first-order valence-electron chi connectivity index (χ1n) is 10.4. The van der Waals surface area contributed by atoms with Gasteiger partial charge in [0.15, 0.2) is 5.78 Å². The number of aryl methyl sites for hydroxylation is 1. The van der Waals surface area contributed by atoms with Crippen molar-refractivity contribution < 1.29 is 18.0 Å². The van der Waals surface area contributed by atoms with Gasteiger partial charge in [-0.05, 0) is 59.6 Å². The van der Waals surface area contributed by atoms with Gasteiger partial charge in [-0.3, -0.25) is 9.59 Å². The van der Waals surface area contributed by atoms with Gasteiger partial charge in [-0.15, -0.1) is 0 Å². The molecule has 3 rings (SSSR count). The molecule has 0 spiro atoms. The number of nitrogens with zero attached hydrogens (tertiary/aromatic N) is 3. The minimum Gasteiger partial charge on any atom is -0.311 e. The molecule has 9 heteroatoms. The lowest BCUT2D eigenvalue weighted by Gasteiger charge is -2.31. The Morgan fingerprint density at radius 2 is 1.68 bits per heavy atom. The Morgan fingerprint density at radius 1 is 1.10 bits per heavy atom. The molecule has 0 radical (unpaired) electrons. The predicted octanol–water partition coefficient (Wildman–Crippen LogP) is 3.19. The second kappa shape index (κ2) is 8.55. The number of piperidine rings is 1. The van der Waals surface area contributed by atoms with Crippen LogP contribution in [0.2, 0.25) is 0 Å². The monoisotopic (exact) mass is 446 g/mol. The van der Waals surface area contributed by atoms with Crippen LogP contribution in [-0.4, -0.2) is 47.3 Å². The van der Waals surface area contributed by atoms with Crippen LogP contribution in [0.15, 0.2) is 35.2 Å². The fraction of sp³-hybridized carbons (Fsp3) is 0.500. The van der Waals surface area contributed by atoms with Crippen LogP contribution in [0.25, 0.3) is 0 Å². The number of ketones is 1. The Hall–Kier alpha value is -2.52. The average molecular weight is 447 g/mol. The molecular formula is C22H30N4O4S. The minimum absolute atomic E-state index is 0.112. The van der Waals surface area contributed by atoms with Crippen LogP contribution >= 0.6 is 0 Å². The summed E-state index contributed by atoms with van der Waals surface area (Å²) in [5.41, 5.74) is 1.02. The van der Waals surface area contributed by atoms with E-state index in [1.807, 2.05) is 33.8 Å². The zero-order valence-corrected chi connectivity index (χ0v) is 19.5. The minimum atomic E-state index is -3.66. The van der Waals surface area contributed by atoms with Crippen molar-refractivity contribution in [2.75, 3.05) is 18.4 Å². The molecule has 31 heavy (non-hydrogen) atoms. The summed E-state index contributed by atoms with van der Waals surface area (Å²) >= 11 is 0. The number of hydrogen-bond acceptors (Lipinski definition) is 5. The highest BCUT2D eigenvalue weighted by atomic mass is 32.2. The molecule has 0 saturated carbocycles. The third kappa shape index (κ3) is 5.04. The molecule has 1 aliphatic rings. The summed E-state index contributed by atoms with van der Waals surface area (Å²) in [6.07, 6.45) is 0.887. The van der Waals surface area contributed by atoms with Crippen molar-refractivity contribution in [3.05, 3.63) is 41.6 Å². The molecule has 1 N–H and O–H groups in total. The van der Waals surface area contributed by atoms with Gasteiger partial charge in [-0.2, -0.15) is 9.40 Å². The van der Waals surface area contributed by atoms with Crippen LogP contribution in [-0.2, 0) is 20.4 Å². The van der Waals surface area contributed by atoms with E-state index in [4.69, 9.17) is 0 Å². The number of nitrogens with one attached hydrogen (secondary N) is 1. The van der Waals surface area contributed by atoms with E-state index in [9.17, 15) is 18.0 Å². The molecule has 0 bridgehead atoms. The molecule has 2 heterocycles. The summed E-state index contributed by atoms with van der Waals surface area (Å²) in [4.78, 5) is 24.4. The molecule has 0 atom stereocenters. The zero-order valence-electron chi connectivity index (χ0n) is 18.7. The van der Waals surface area contributed by atoms with E-state index in [0.29, 0.717) is 24.2 Å². The van der Waals surface area contributed by atoms with E-state index in [2.05, 4.69) is 10.4 Å². The van der Waals surface area contributed by atoms with E-state index in [1.165, 1.54) is 35.5 Å². The van der Waals surface area contributed by atoms with Crippen LogP contribution in [0.3, 0.4) is 0 Å². The highest BCUT2D eigenvalue weighted by Gasteiger charge is 2.33. The number of anilines is 1. The highest BCUT2D eigenvalue weighted by molar-refractivity contribution is 7.89. The van der Waals surface area contributed by atoms with Gasteiger partial charge in [0.25, 0.3) is 0 Å². The van der Waals surface area contributed by atoms with Crippen molar-refractivity contribution in [2.45, 2.75) is 57.9 Å². The van der Waals surface area contributed by atoms with Crippen molar-refractivity contribution in [2.24, 2.45) is 5.92 Å². The van der Waals surface area contributed by atoms with E-state index in [0.717, 1.165) is 5.69 Å². The smallest absolute Gasteiger partial charge is 0.243 e. The first kappa shape index (κ1) is 23.1. The number of aromatic nitrogens is 2. The Kier molecular flexibility index (Phi) is 6.38. The Bertz CT molecular complexity index is 1070. The maximum absolute atomic E-state index is 12.9. The molecule has 168 valence electrons. The standard InChI is InChI=1S/C22H30N4O4S/c1-15-14-20(26(24-15)22(3,4)5)23-21(28)18-10-12-25(13-11-18)31(29,30)19-8-6-17(7-9-19)16(2)27/h6-9,14,18H,10-13H2,1-5H3,(H,23,28). The predicted molar refractivity (Wildman–Crippen MR) is 119 cm³/mol. The largest absolute Gasteiger partial charge is 0.311 e. The number of benzene rings is 1. The maximum Gasteiger partial charge on any atom is 0.243 e. The first-order chi connectivity index (χ1) is 14.4. The molecule has 2 aromatic rings. The lowest BCUT2D eigenvalue weighted by molar-refractivity contribution is -0.121. The van der Waals surface area contributed by atoms with E-state index < -0.39 is 10.0 Å². The van der Waals surface area contributed by atoms with Crippen molar-refractivity contribution in [3.63, 3.8) is 0 Å². The second-order valence-electron chi connectivity index (χ2n) is 9.00. The molecule has 1 aromatic carbocycles. The highest BCUT2D eigenvalue weighted by Crippen LogP contribution is 2.27. The number of rotatable bonds is 5. The molecule has 8 nitrogen and oxygen atoms in total. The van der Waals surface area contributed by atoms with E-state index in [1.54, 1.807) is 4.68 Å². The quantitative estimate of drug-likeness (QED) is 0.711. The topological polar surface area (TPSA) is 101 Å². The Morgan fingerprint density at radius 3 is 2.19 bits per heavy atom.